The Morgan fingerprint density at radius 3 is 2.29 bits per heavy atom. The molecule has 3 unspecified atom stereocenters. The number of hydrogen-bond donors (Lipinski definition) is 3. The fraction of sp³-hybridized carbons (Fsp3) is 0.700. The van der Waals surface area contributed by atoms with Crippen LogP contribution in [0.2, 0.25) is 0 Å². The Morgan fingerprint density at radius 1 is 1.02 bits per heavy atom. The first kappa shape index (κ1) is 39.6. The zero-order chi connectivity index (χ0) is 40.6. The van der Waals surface area contributed by atoms with E-state index in [9.17, 15) is 32.7 Å². The number of morpholine rings is 1. The molecule has 4 atom stereocenters. The van der Waals surface area contributed by atoms with Crippen LogP contribution in [0.15, 0.2) is 24.4 Å². The summed E-state index contributed by atoms with van der Waals surface area (Å²) in [6.07, 6.45) is -3.11. The molecule has 6 heterocycles. The molecule has 4 saturated heterocycles. The van der Waals surface area contributed by atoms with E-state index < -0.39 is 71.8 Å². The van der Waals surface area contributed by atoms with Crippen LogP contribution in [0.1, 0.15) is 79.9 Å². The highest BCUT2D eigenvalue weighted by atomic mass is 19.4. The molecule has 9 rings (SSSR count). The van der Waals surface area contributed by atoms with E-state index in [0.717, 1.165) is 36.6 Å². The van der Waals surface area contributed by atoms with Crippen molar-refractivity contribution in [2.75, 3.05) is 51.4 Å². The number of aliphatic hydroxyl groups is 1. The normalized spacial score (nSPS) is 28.1. The maximum atomic E-state index is 16.5. The number of carbonyl (C=O) groups excluding carboxylic acids is 3. The van der Waals surface area contributed by atoms with Crippen molar-refractivity contribution in [1.82, 2.24) is 24.9 Å². The summed E-state index contributed by atoms with van der Waals surface area (Å²) < 4.78 is 84.6. The third-order valence-electron chi connectivity index (χ3n) is 13.6. The molecule has 58 heavy (non-hydrogen) atoms. The number of ether oxygens (including phenoxy) is 4. The van der Waals surface area contributed by atoms with Crippen molar-refractivity contribution in [2.45, 2.75) is 105 Å². The first-order valence-corrected chi connectivity index (χ1v) is 20.5. The Bertz CT molecular complexity index is 1890. The molecule has 3 N–H and O–H groups in total. The second kappa shape index (κ2) is 15.0. The zero-order valence-corrected chi connectivity index (χ0v) is 32.3. The van der Waals surface area contributed by atoms with Crippen molar-refractivity contribution < 1.29 is 56.0 Å². The largest absolute Gasteiger partial charge is 0.487 e. The fourth-order valence-corrected chi connectivity index (χ4v) is 9.81. The van der Waals surface area contributed by atoms with Crippen molar-refractivity contribution in [3.63, 3.8) is 0 Å². The molecule has 0 radical (unpaired) electrons. The Balaban J connectivity index is 1.05. The van der Waals surface area contributed by atoms with Crippen molar-refractivity contribution in [1.29, 1.82) is 0 Å². The molecule has 5 aliphatic heterocycles. The number of anilines is 1. The molecule has 0 bridgehead atoms. The minimum Gasteiger partial charge on any atom is -0.487 e. The Kier molecular flexibility index (Phi) is 10.3. The summed E-state index contributed by atoms with van der Waals surface area (Å²) >= 11 is 0. The summed E-state index contributed by atoms with van der Waals surface area (Å²) in [4.78, 5) is 45.5. The highest BCUT2D eigenvalue weighted by molar-refractivity contribution is 6.01. The van der Waals surface area contributed by atoms with Gasteiger partial charge in [-0.3, -0.25) is 24.0 Å². The van der Waals surface area contributed by atoms with Crippen LogP contribution < -0.4 is 15.4 Å². The number of nitrogens with one attached hydrogen (secondary N) is 2. The lowest BCUT2D eigenvalue weighted by Crippen LogP contribution is -2.65. The molecule has 2 aliphatic carbocycles. The van der Waals surface area contributed by atoms with E-state index in [0.29, 0.717) is 39.1 Å². The van der Waals surface area contributed by atoms with Gasteiger partial charge in [0.25, 0.3) is 11.8 Å². The van der Waals surface area contributed by atoms with Gasteiger partial charge in [-0.25, -0.2) is 4.39 Å². The average molecular weight is 819 g/mol. The fourth-order valence-electron chi connectivity index (χ4n) is 9.81. The number of aryl methyl sites for hydroxylation is 1. The molecule has 1 spiro atoms. The molecule has 7 aliphatic rings. The van der Waals surface area contributed by atoms with Gasteiger partial charge in [-0.2, -0.15) is 18.3 Å². The van der Waals surface area contributed by atoms with E-state index in [2.05, 4.69) is 20.6 Å². The van der Waals surface area contributed by atoms with Gasteiger partial charge in [-0.1, -0.05) is 0 Å². The van der Waals surface area contributed by atoms with E-state index in [-0.39, 0.29) is 79.0 Å². The average Bonchev–Trinajstić information content (AvgIpc) is 4.11. The lowest BCUT2D eigenvalue weighted by molar-refractivity contribution is -0.276. The van der Waals surface area contributed by atoms with E-state index >= 15 is 4.39 Å². The maximum Gasteiger partial charge on any atom is 0.416 e. The SMILES string of the molecule is Cn1nccc1C(=O)N[C@H](C(=O)Nc1cc2c(cc1F)C(N1CC(C(F)(F)F)OC(C3(O)CCOCC3)C1=O)CC1(CCN(C3COC3)CC1)O2)C(C1CC1)C1CC1. The summed E-state index contributed by atoms with van der Waals surface area (Å²) in [7, 11) is 1.62. The molecule has 1 aromatic carbocycles. The van der Waals surface area contributed by atoms with Crippen LogP contribution in [-0.4, -0.2) is 130 Å². The molecule has 2 saturated carbocycles. The van der Waals surface area contributed by atoms with Crippen LogP contribution in [-0.2, 0) is 30.8 Å². The molecule has 316 valence electrons. The number of alkyl halides is 3. The van der Waals surface area contributed by atoms with Crippen LogP contribution in [0.5, 0.6) is 5.75 Å². The molecule has 3 amide bonds. The van der Waals surface area contributed by atoms with Gasteiger partial charge in [-0.15, -0.1) is 0 Å². The lowest BCUT2D eigenvalue weighted by atomic mass is 9.78. The molecule has 6 fully saturated rings. The summed E-state index contributed by atoms with van der Waals surface area (Å²) in [5.41, 5.74) is -2.65. The van der Waals surface area contributed by atoms with Crippen LogP contribution in [0.3, 0.4) is 0 Å². The van der Waals surface area contributed by atoms with Gasteiger partial charge in [0.2, 0.25) is 5.91 Å². The van der Waals surface area contributed by atoms with E-state index in [4.69, 9.17) is 18.9 Å². The quantitative estimate of drug-likeness (QED) is 0.304. The number of hydrogen-bond acceptors (Lipinski definition) is 10. The van der Waals surface area contributed by atoms with Gasteiger partial charge in [0, 0.05) is 70.4 Å². The number of benzene rings is 1. The monoisotopic (exact) mass is 818 g/mol. The molecular weight excluding hydrogens is 768 g/mol. The first-order chi connectivity index (χ1) is 27.7. The number of rotatable bonds is 10. The van der Waals surface area contributed by atoms with Gasteiger partial charge in [-0.05, 0) is 68.4 Å². The molecule has 1 aromatic heterocycles. The second-order valence-corrected chi connectivity index (χ2v) is 17.4. The summed E-state index contributed by atoms with van der Waals surface area (Å²) in [6, 6.07) is 2.21. The minimum atomic E-state index is -4.87. The van der Waals surface area contributed by atoms with E-state index in [1.807, 2.05) is 0 Å². The molecule has 2 aromatic rings. The standard InChI is InChI=1S/C40H50F4N6O8/c1-48-28(6-11-45-48)35(51)47-33(32(22-2-3-22)23-4-5-23)36(52)46-27-17-30-25(16-26(27)41)29(18-38(58-30)7-12-49(13-8-38)24-20-56-21-24)50-19-31(40(42,43)44)57-34(37(50)53)39(54)9-14-55-15-10-39/h6,11,16-17,22-24,29,31-34,54H,2-5,7-10,12-15,18-21H2,1H3,(H,46,52)(H,47,51)/t29?,31?,33-,34?/m0/s1. The van der Waals surface area contributed by atoms with E-state index in [1.54, 1.807) is 13.1 Å². The molecule has 14 nitrogen and oxygen atoms in total. The first-order valence-electron chi connectivity index (χ1n) is 20.5. The molecule has 18 heteroatoms. The van der Waals surface area contributed by atoms with Crippen LogP contribution in [0.4, 0.5) is 23.2 Å². The number of halogens is 4. The van der Waals surface area contributed by atoms with Gasteiger partial charge in [0.05, 0.1) is 37.5 Å². The Hall–Kier alpha value is -3.84. The number of nitrogens with zero attached hydrogens (tertiary/aromatic N) is 4. The highest BCUT2D eigenvalue weighted by Crippen LogP contribution is 2.52. The van der Waals surface area contributed by atoms with Gasteiger partial charge >= 0.3 is 6.18 Å². The molecular formula is C40H50F4N6O8. The summed E-state index contributed by atoms with van der Waals surface area (Å²) in [5.74, 6) is -2.33. The Morgan fingerprint density at radius 2 is 1.71 bits per heavy atom. The summed E-state index contributed by atoms with van der Waals surface area (Å²) in [5, 5.41) is 21.3. The van der Waals surface area contributed by atoms with Crippen LogP contribution in [0.25, 0.3) is 0 Å². The third-order valence-corrected chi connectivity index (χ3v) is 13.6. The number of amides is 3. The van der Waals surface area contributed by atoms with Gasteiger partial charge < -0.3 is 39.6 Å². The number of likely N-dealkylation sites (tertiary alicyclic amines) is 1. The zero-order valence-electron chi connectivity index (χ0n) is 32.3. The maximum absolute atomic E-state index is 16.5. The van der Waals surface area contributed by atoms with Crippen molar-refractivity contribution in [3.05, 3.63) is 41.5 Å². The predicted octanol–water partition coefficient (Wildman–Crippen LogP) is 3.49. The van der Waals surface area contributed by atoms with Crippen LogP contribution in [0, 0.1) is 23.6 Å². The number of aromatic nitrogens is 2. The predicted molar refractivity (Wildman–Crippen MR) is 196 cm³/mol. The second-order valence-electron chi connectivity index (χ2n) is 17.4. The number of piperidine rings is 1. The third kappa shape index (κ3) is 7.58. The van der Waals surface area contributed by atoms with Crippen molar-refractivity contribution in [3.8, 4) is 5.75 Å². The van der Waals surface area contributed by atoms with Crippen molar-refractivity contribution >= 4 is 23.4 Å². The minimum absolute atomic E-state index is 0.0434. The highest BCUT2D eigenvalue weighted by Gasteiger charge is 2.58. The van der Waals surface area contributed by atoms with Crippen LogP contribution >= 0.6 is 0 Å². The number of fused-ring (bicyclic) bond motifs is 1. The summed E-state index contributed by atoms with van der Waals surface area (Å²) in [6.45, 7) is 1.64. The lowest BCUT2D eigenvalue weighted by Gasteiger charge is -2.53. The van der Waals surface area contributed by atoms with Gasteiger partial charge in [0.1, 0.15) is 34.5 Å². The topological polar surface area (TPSA) is 157 Å². The number of carbonyl (C=O) groups is 3. The van der Waals surface area contributed by atoms with E-state index in [1.165, 1.54) is 16.9 Å². The van der Waals surface area contributed by atoms with Gasteiger partial charge in [0.15, 0.2) is 12.2 Å². The van der Waals surface area contributed by atoms with Crippen molar-refractivity contribution in [2.24, 2.45) is 24.8 Å². The Labute approximate surface area is 332 Å². The smallest absolute Gasteiger partial charge is 0.416 e.